The summed E-state index contributed by atoms with van der Waals surface area (Å²) in [6, 6.07) is 10.6. The van der Waals surface area contributed by atoms with Crippen LogP contribution in [0.15, 0.2) is 30.3 Å². The van der Waals surface area contributed by atoms with E-state index in [0.717, 1.165) is 43.1 Å². The molecular formula is C22H22ClN3. The number of benzene rings is 1. The minimum absolute atomic E-state index is 0.809. The summed E-state index contributed by atoms with van der Waals surface area (Å²) in [4.78, 5) is 7.12. The lowest BCUT2D eigenvalue weighted by atomic mass is 10.1. The molecule has 0 N–H and O–H groups in total. The average Bonchev–Trinajstić information content (AvgIpc) is 3.14. The second-order valence-electron chi connectivity index (χ2n) is 7.55. The molecule has 0 atom stereocenters. The molecule has 3 nitrogen and oxygen atoms in total. The third-order valence-electron chi connectivity index (χ3n) is 5.72. The first-order valence-electron chi connectivity index (χ1n) is 9.27. The third-order valence-corrected chi connectivity index (χ3v) is 5.95. The highest BCUT2D eigenvalue weighted by molar-refractivity contribution is 6.31. The van der Waals surface area contributed by atoms with Gasteiger partial charge in [0.25, 0.3) is 0 Å². The summed E-state index contributed by atoms with van der Waals surface area (Å²) in [6.45, 7) is 4.15. The van der Waals surface area contributed by atoms with E-state index in [1.165, 1.54) is 39.0 Å². The van der Waals surface area contributed by atoms with Crippen LogP contribution in [0.25, 0.3) is 22.7 Å². The minimum atomic E-state index is 0.809. The number of pyridine rings is 1. The summed E-state index contributed by atoms with van der Waals surface area (Å²) < 4.78 is 2.41. The Balaban J connectivity index is 1.71. The van der Waals surface area contributed by atoms with Crippen LogP contribution in [0.3, 0.4) is 0 Å². The van der Waals surface area contributed by atoms with Gasteiger partial charge in [0.1, 0.15) is 0 Å². The standard InChI is InChI=1S/C22H22ClN3/c1-14-3-6-17-15(4-7-20(17)24-14)12-26-21-8-5-16(23)11-18(21)19-13-25(2)10-9-22(19)26/h3,5-6,8,11-12H,4,7,9-10,13H2,1-2H3/b15-12+. The molecule has 2 aromatic heterocycles. The molecule has 0 radical (unpaired) electrons. The fourth-order valence-electron chi connectivity index (χ4n) is 4.42. The first kappa shape index (κ1) is 16.1. The molecule has 26 heavy (non-hydrogen) atoms. The number of fused-ring (bicyclic) bond motifs is 4. The van der Waals surface area contributed by atoms with Gasteiger partial charge in [-0.25, -0.2) is 0 Å². The number of aryl methyl sites for hydroxylation is 2. The van der Waals surface area contributed by atoms with Gasteiger partial charge in [0.05, 0.1) is 5.52 Å². The molecule has 1 aliphatic carbocycles. The van der Waals surface area contributed by atoms with Crippen molar-refractivity contribution in [2.45, 2.75) is 32.7 Å². The maximum atomic E-state index is 6.31. The quantitative estimate of drug-likeness (QED) is 0.611. The third kappa shape index (κ3) is 2.50. The van der Waals surface area contributed by atoms with Crippen molar-refractivity contribution in [1.29, 1.82) is 0 Å². The fraction of sp³-hybridized carbons (Fsp3) is 0.318. The lowest BCUT2D eigenvalue weighted by Crippen LogP contribution is -2.26. The monoisotopic (exact) mass is 363 g/mol. The molecule has 0 unspecified atom stereocenters. The van der Waals surface area contributed by atoms with Gasteiger partial charge in [-0.2, -0.15) is 0 Å². The number of hydrogen-bond donors (Lipinski definition) is 0. The van der Waals surface area contributed by atoms with Crippen molar-refractivity contribution in [2.75, 3.05) is 13.6 Å². The molecule has 0 spiro atoms. The van der Waals surface area contributed by atoms with Gasteiger partial charge < -0.3 is 9.47 Å². The summed E-state index contributed by atoms with van der Waals surface area (Å²) in [5.74, 6) is 0. The Morgan fingerprint density at radius 2 is 2.00 bits per heavy atom. The molecule has 0 saturated heterocycles. The van der Waals surface area contributed by atoms with Crippen LogP contribution in [0.2, 0.25) is 5.02 Å². The van der Waals surface area contributed by atoms with Crippen molar-refractivity contribution in [3.63, 3.8) is 0 Å². The number of halogens is 1. The zero-order chi connectivity index (χ0) is 17.8. The Kier molecular flexibility index (Phi) is 3.70. The number of hydrogen-bond acceptors (Lipinski definition) is 2. The molecule has 132 valence electrons. The first-order valence-corrected chi connectivity index (χ1v) is 9.65. The molecule has 5 rings (SSSR count). The van der Waals surface area contributed by atoms with E-state index in [1.807, 2.05) is 6.07 Å². The second kappa shape index (κ2) is 5.97. The van der Waals surface area contributed by atoms with E-state index in [4.69, 9.17) is 16.6 Å². The highest BCUT2D eigenvalue weighted by Gasteiger charge is 2.23. The zero-order valence-corrected chi connectivity index (χ0v) is 16.0. The Bertz CT molecular complexity index is 1060. The normalized spacial score (nSPS) is 18.5. The van der Waals surface area contributed by atoms with E-state index >= 15 is 0 Å². The van der Waals surface area contributed by atoms with E-state index in [-0.39, 0.29) is 0 Å². The fourth-order valence-corrected chi connectivity index (χ4v) is 4.59. The summed E-state index contributed by atoms with van der Waals surface area (Å²) >= 11 is 6.31. The van der Waals surface area contributed by atoms with Gasteiger partial charge in [0.15, 0.2) is 0 Å². The van der Waals surface area contributed by atoms with E-state index in [0.29, 0.717) is 0 Å². The molecule has 0 saturated carbocycles. The van der Waals surface area contributed by atoms with Gasteiger partial charge in [0, 0.05) is 58.8 Å². The van der Waals surface area contributed by atoms with Crippen LogP contribution in [0.1, 0.15) is 34.6 Å². The number of likely N-dealkylation sites (N-methyl/N-ethyl adjacent to an activating group) is 1. The molecule has 1 aromatic carbocycles. The van der Waals surface area contributed by atoms with Gasteiger partial charge in [-0.3, -0.25) is 4.98 Å². The summed E-state index contributed by atoms with van der Waals surface area (Å²) in [5, 5.41) is 2.10. The molecule has 2 aliphatic rings. The molecule has 3 aromatic rings. The number of nitrogens with zero attached hydrogens (tertiary/aromatic N) is 3. The van der Waals surface area contributed by atoms with Crippen molar-refractivity contribution < 1.29 is 0 Å². The lowest BCUT2D eigenvalue weighted by molar-refractivity contribution is 0.312. The number of allylic oxidation sites excluding steroid dienone is 1. The Morgan fingerprint density at radius 3 is 2.88 bits per heavy atom. The largest absolute Gasteiger partial charge is 0.320 e. The van der Waals surface area contributed by atoms with Crippen LogP contribution in [0.5, 0.6) is 0 Å². The predicted molar refractivity (Wildman–Crippen MR) is 108 cm³/mol. The topological polar surface area (TPSA) is 21.1 Å². The summed E-state index contributed by atoms with van der Waals surface area (Å²) in [7, 11) is 2.19. The van der Waals surface area contributed by atoms with Crippen molar-refractivity contribution >= 4 is 34.3 Å². The SMILES string of the molecule is Cc1ccc2c(n1)CC/C2=C\n1c2c(c3cc(Cl)ccc31)CN(C)CC2. The zero-order valence-electron chi connectivity index (χ0n) is 15.2. The van der Waals surface area contributed by atoms with Gasteiger partial charge in [-0.1, -0.05) is 17.7 Å². The number of aromatic nitrogens is 2. The highest BCUT2D eigenvalue weighted by atomic mass is 35.5. The van der Waals surface area contributed by atoms with Crippen LogP contribution < -0.4 is 0 Å². The van der Waals surface area contributed by atoms with Crippen molar-refractivity contribution in [1.82, 2.24) is 14.5 Å². The van der Waals surface area contributed by atoms with Crippen molar-refractivity contribution in [2.24, 2.45) is 0 Å². The van der Waals surface area contributed by atoms with Crippen LogP contribution in [0.4, 0.5) is 0 Å². The molecular weight excluding hydrogens is 342 g/mol. The minimum Gasteiger partial charge on any atom is -0.320 e. The lowest BCUT2D eigenvalue weighted by Gasteiger charge is -2.23. The molecule has 0 bridgehead atoms. The van der Waals surface area contributed by atoms with Crippen LogP contribution in [-0.2, 0) is 19.4 Å². The van der Waals surface area contributed by atoms with Crippen LogP contribution in [0, 0.1) is 6.92 Å². The van der Waals surface area contributed by atoms with Crippen molar-refractivity contribution in [3.05, 3.63) is 63.6 Å². The molecule has 4 heteroatoms. The number of rotatable bonds is 1. The Morgan fingerprint density at radius 1 is 1.12 bits per heavy atom. The second-order valence-corrected chi connectivity index (χ2v) is 7.98. The first-order chi connectivity index (χ1) is 12.6. The van der Waals surface area contributed by atoms with Gasteiger partial charge in [-0.05, 0) is 62.2 Å². The van der Waals surface area contributed by atoms with Gasteiger partial charge in [-0.15, -0.1) is 0 Å². The van der Waals surface area contributed by atoms with Gasteiger partial charge >= 0.3 is 0 Å². The smallest absolute Gasteiger partial charge is 0.0529 e. The summed E-state index contributed by atoms with van der Waals surface area (Å²) in [6.07, 6.45) is 5.52. The highest BCUT2D eigenvalue weighted by Crippen LogP contribution is 2.36. The summed E-state index contributed by atoms with van der Waals surface area (Å²) in [5.41, 5.74) is 9.16. The van der Waals surface area contributed by atoms with Crippen LogP contribution >= 0.6 is 11.6 Å². The predicted octanol–water partition coefficient (Wildman–Crippen LogP) is 4.93. The Labute approximate surface area is 158 Å². The van der Waals surface area contributed by atoms with E-state index in [9.17, 15) is 0 Å². The van der Waals surface area contributed by atoms with E-state index in [2.05, 4.69) is 53.9 Å². The van der Waals surface area contributed by atoms with Gasteiger partial charge in [0.2, 0.25) is 0 Å². The maximum Gasteiger partial charge on any atom is 0.0529 e. The molecule has 3 heterocycles. The van der Waals surface area contributed by atoms with E-state index < -0.39 is 0 Å². The molecule has 0 amide bonds. The molecule has 0 fully saturated rings. The maximum absolute atomic E-state index is 6.31. The average molecular weight is 364 g/mol. The molecule has 1 aliphatic heterocycles. The van der Waals surface area contributed by atoms with Crippen LogP contribution in [-0.4, -0.2) is 28.0 Å². The van der Waals surface area contributed by atoms with E-state index in [1.54, 1.807) is 0 Å². The Hall–Kier alpha value is -2.10. The van der Waals surface area contributed by atoms with Crippen molar-refractivity contribution in [3.8, 4) is 0 Å².